The summed E-state index contributed by atoms with van der Waals surface area (Å²) in [7, 11) is 0. The van der Waals surface area contributed by atoms with Gasteiger partial charge in [0.1, 0.15) is 0 Å². The Bertz CT molecular complexity index is 546. The van der Waals surface area contributed by atoms with Crippen LogP contribution in [-0.4, -0.2) is 52.3 Å². The maximum absolute atomic E-state index is 12.5. The first kappa shape index (κ1) is 14.2. The van der Waals surface area contributed by atoms with Crippen LogP contribution in [0.5, 0.6) is 0 Å². The predicted octanol–water partition coefficient (Wildman–Crippen LogP) is 1.59. The van der Waals surface area contributed by atoms with Gasteiger partial charge in [0.2, 0.25) is 5.91 Å². The van der Waals surface area contributed by atoms with Gasteiger partial charge in [-0.3, -0.25) is 14.7 Å². The molecule has 0 aromatic carbocycles. The Hall–Kier alpha value is -1.40. The first-order chi connectivity index (χ1) is 10.8. The van der Waals surface area contributed by atoms with E-state index in [9.17, 15) is 4.79 Å². The molecule has 2 aliphatic heterocycles. The Morgan fingerprint density at radius 3 is 2.95 bits per heavy atom. The van der Waals surface area contributed by atoms with Crippen molar-refractivity contribution in [1.29, 1.82) is 0 Å². The van der Waals surface area contributed by atoms with Crippen molar-refractivity contribution in [2.45, 2.75) is 51.0 Å². The highest BCUT2D eigenvalue weighted by atomic mass is 16.7. The van der Waals surface area contributed by atoms with Gasteiger partial charge in [0.05, 0.1) is 12.3 Å². The van der Waals surface area contributed by atoms with E-state index in [4.69, 9.17) is 4.84 Å². The van der Waals surface area contributed by atoms with Crippen molar-refractivity contribution in [1.82, 2.24) is 20.2 Å². The molecule has 1 aromatic rings. The summed E-state index contributed by atoms with van der Waals surface area (Å²) < 4.78 is 0. The molecule has 1 amide bonds. The number of nitrogens with one attached hydrogen (secondary N) is 1. The number of hydrogen-bond donors (Lipinski definition) is 1. The second kappa shape index (κ2) is 6.01. The van der Waals surface area contributed by atoms with E-state index in [0.29, 0.717) is 18.9 Å². The number of H-pyrrole nitrogens is 1. The molecule has 1 N–H and O–H groups in total. The Kier molecular flexibility index (Phi) is 3.88. The highest BCUT2D eigenvalue weighted by Gasteiger charge is 2.30. The number of carbonyl (C=O) groups excluding carboxylic acids is 1. The van der Waals surface area contributed by atoms with Crippen LogP contribution in [0.1, 0.15) is 55.0 Å². The van der Waals surface area contributed by atoms with E-state index < -0.39 is 0 Å². The average molecular weight is 304 g/mol. The van der Waals surface area contributed by atoms with Crippen molar-refractivity contribution in [3.8, 4) is 0 Å². The molecule has 1 aromatic heterocycles. The van der Waals surface area contributed by atoms with E-state index in [-0.39, 0.29) is 5.91 Å². The van der Waals surface area contributed by atoms with Crippen LogP contribution in [0.2, 0.25) is 0 Å². The maximum Gasteiger partial charge on any atom is 0.224 e. The molecule has 3 heterocycles. The molecule has 3 aliphatic rings. The summed E-state index contributed by atoms with van der Waals surface area (Å²) >= 11 is 0. The van der Waals surface area contributed by atoms with E-state index in [1.807, 2.05) is 9.96 Å². The third-order valence-corrected chi connectivity index (χ3v) is 5.21. The number of rotatable bonds is 4. The third-order valence-electron chi connectivity index (χ3n) is 5.21. The van der Waals surface area contributed by atoms with E-state index in [1.165, 1.54) is 36.2 Å². The fourth-order valence-corrected chi connectivity index (χ4v) is 3.60. The molecule has 120 valence electrons. The molecular formula is C16H24N4O2. The van der Waals surface area contributed by atoms with E-state index >= 15 is 0 Å². The van der Waals surface area contributed by atoms with Crippen LogP contribution < -0.4 is 0 Å². The number of amides is 1. The molecule has 0 spiro atoms. The SMILES string of the molecule is O=C(CCN1CCCO1)N1CCc2[nH]nc(C3CCC3)c2C1. The van der Waals surface area contributed by atoms with Crippen LogP contribution in [0.25, 0.3) is 0 Å². The van der Waals surface area contributed by atoms with Crippen molar-refractivity contribution in [2.24, 2.45) is 0 Å². The van der Waals surface area contributed by atoms with Crippen LogP contribution in [-0.2, 0) is 22.6 Å². The summed E-state index contributed by atoms with van der Waals surface area (Å²) in [6.45, 7) is 3.99. The molecule has 0 atom stereocenters. The number of nitrogens with zero attached hydrogens (tertiary/aromatic N) is 3. The van der Waals surface area contributed by atoms with Gasteiger partial charge in [-0.25, -0.2) is 0 Å². The molecule has 4 rings (SSSR count). The van der Waals surface area contributed by atoms with Crippen LogP contribution in [0, 0.1) is 0 Å². The van der Waals surface area contributed by atoms with Gasteiger partial charge in [-0.2, -0.15) is 10.2 Å². The van der Waals surface area contributed by atoms with Crippen molar-refractivity contribution < 1.29 is 9.63 Å². The second-order valence-corrected chi connectivity index (χ2v) is 6.62. The van der Waals surface area contributed by atoms with E-state index in [1.54, 1.807) is 0 Å². The van der Waals surface area contributed by atoms with Crippen molar-refractivity contribution in [2.75, 3.05) is 26.2 Å². The second-order valence-electron chi connectivity index (χ2n) is 6.62. The Morgan fingerprint density at radius 1 is 1.32 bits per heavy atom. The molecule has 22 heavy (non-hydrogen) atoms. The Balaban J connectivity index is 1.38. The largest absolute Gasteiger partial charge is 0.338 e. The number of fused-ring (bicyclic) bond motifs is 1. The van der Waals surface area contributed by atoms with Gasteiger partial charge in [0, 0.05) is 56.2 Å². The topological polar surface area (TPSA) is 61.5 Å². The summed E-state index contributed by atoms with van der Waals surface area (Å²) in [5.41, 5.74) is 3.76. The first-order valence-electron chi connectivity index (χ1n) is 8.53. The van der Waals surface area contributed by atoms with Gasteiger partial charge in [0.25, 0.3) is 0 Å². The van der Waals surface area contributed by atoms with Gasteiger partial charge in [0.15, 0.2) is 0 Å². The van der Waals surface area contributed by atoms with Gasteiger partial charge < -0.3 is 4.90 Å². The van der Waals surface area contributed by atoms with Gasteiger partial charge in [-0.15, -0.1) is 0 Å². The minimum atomic E-state index is 0.238. The molecule has 6 nitrogen and oxygen atoms in total. The standard InChI is InChI=1S/C16H24N4O2/c21-15(6-9-20-7-2-10-22-20)19-8-5-14-13(11-19)16(18-17-14)12-3-1-4-12/h12H,1-11H2,(H,17,18). The predicted molar refractivity (Wildman–Crippen MR) is 81.1 cm³/mol. The molecule has 6 heteroatoms. The lowest BCUT2D eigenvalue weighted by Gasteiger charge is -2.30. The molecule has 2 fully saturated rings. The molecular weight excluding hydrogens is 280 g/mol. The first-order valence-corrected chi connectivity index (χ1v) is 8.53. The average Bonchev–Trinajstić information content (AvgIpc) is 3.13. The molecule has 1 saturated carbocycles. The molecule has 0 bridgehead atoms. The zero-order valence-electron chi connectivity index (χ0n) is 13.0. The van der Waals surface area contributed by atoms with Crippen molar-refractivity contribution >= 4 is 5.91 Å². The summed E-state index contributed by atoms with van der Waals surface area (Å²) in [6, 6.07) is 0. The highest BCUT2D eigenvalue weighted by Crippen LogP contribution is 2.38. The number of hydrogen-bond acceptors (Lipinski definition) is 4. The zero-order valence-corrected chi connectivity index (χ0v) is 13.0. The van der Waals surface area contributed by atoms with Crippen molar-refractivity contribution in [3.63, 3.8) is 0 Å². The normalized spacial score (nSPS) is 22.6. The van der Waals surface area contributed by atoms with Gasteiger partial charge >= 0.3 is 0 Å². The lowest BCUT2D eigenvalue weighted by atomic mass is 9.81. The summed E-state index contributed by atoms with van der Waals surface area (Å²) in [4.78, 5) is 19.9. The molecule has 1 aliphatic carbocycles. The number of aromatic nitrogens is 2. The lowest BCUT2D eigenvalue weighted by Crippen LogP contribution is -2.38. The fraction of sp³-hybridized carbons (Fsp3) is 0.750. The molecule has 0 unspecified atom stereocenters. The van der Waals surface area contributed by atoms with Crippen LogP contribution in [0.15, 0.2) is 0 Å². The monoisotopic (exact) mass is 304 g/mol. The summed E-state index contributed by atoms with van der Waals surface area (Å²) in [6.07, 6.45) is 6.33. The van der Waals surface area contributed by atoms with Crippen LogP contribution >= 0.6 is 0 Å². The Morgan fingerprint density at radius 2 is 2.23 bits per heavy atom. The Labute approximate surface area is 130 Å². The number of carbonyl (C=O) groups is 1. The molecule has 0 radical (unpaired) electrons. The van der Waals surface area contributed by atoms with Crippen LogP contribution in [0.4, 0.5) is 0 Å². The summed E-state index contributed by atoms with van der Waals surface area (Å²) in [5, 5.41) is 9.65. The lowest BCUT2D eigenvalue weighted by molar-refractivity contribution is -0.139. The van der Waals surface area contributed by atoms with Gasteiger partial charge in [-0.1, -0.05) is 6.42 Å². The third kappa shape index (κ3) is 2.65. The fourth-order valence-electron chi connectivity index (χ4n) is 3.60. The quantitative estimate of drug-likeness (QED) is 0.917. The minimum Gasteiger partial charge on any atom is -0.338 e. The highest BCUT2D eigenvalue weighted by molar-refractivity contribution is 5.76. The maximum atomic E-state index is 12.5. The van der Waals surface area contributed by atoms with E-state index in [0.717, 1.165) is 39.1 Å². The zero-order chi connectivity index (χ0) is 14.9. The van der Waals surface area contributed by atoms with Crippen molar-refractivity contribution in [3.05, 3.63) is 17.0 Å². The molecule has 1 saturated heterocycles. The number of hydroxylamine groups is 2. The summed E-state index contributed by atoms with van der Waals surface area (Å²) in [5.74, 6) is 0.856. The number of aromatic amines is 1. The minimum absolute atomic E-state index is 0.238. The van der Waals surface area contributed by atoms with E-state index in [2.05, 4.69) is 10.2 Å². The smallest absolute Gasteiger partial charge is 0.224 e. The van der Waals surface area contributed by atoms with Crippen LogP contribution in [0.3, 0.4) is 0 Å². The van der Waals surface area contributed by atoms with Gasteiger partial charge in [-0.05, 0) is 19.3 Å².